The number of hydrogen-bond acceptors (Lipinski definition) is 8. The number of hydrogen-bond donors (Lipinski definition) is 3. The van der Waals surface area contributed by atoms with Crippen molar-refractivity contribution in [1.29, 1.82) is 0 Å². The number of aliphatic hydroxyl groups excluding tert-OH is 1. The summed E-state index contributed by atoms with van der Waals surface area (Å²) in [7, 11) is 0. The first-order valence-electron chi connectivity index (χ1n) is 11.7. The topological polar surface area (TPSA) is 116 Å². The van der Waals surface area contributed by atoms with E-state index in [0.29, 0.717) is 12.3 Å². The van der Waals surface area contributed by atoms with E-state index in [0.717, 1.165) is 21.7 Å². The van der Waals surface area contributed by atoms with Gasteiger partial charge in [0.15, 0.2) is 0 Å². The van der Waals surface area contributed by atoms with Crippen LogP contribution in [-0.4, -0.2) is 57.4 Å². The summed E-state index contributed by atoms with van der Waals surface area (Å²) in [5, 5.41) is 13.2. The summed E-state index contributed by atoms with van der Waals surface area (Å²) in [6, 6.07) is 6.77. The lowest BCUT2D eigenvalue weighted by atomic mass is 9.85. The van der Waals surface area contributed by atoms with Crippen LogP contribution in [0, 0.1) is 12.3 Å². The summed E-state index contributed by atoms with van der Waals surface area (Å²) in [4.78, 5) is 43.1. The minimum absolute atomic E-state index is 0.163. The van der Waals surface area contributed by atoms with Gasteiger partial charge in [0, 0.05) is 25.5 Å². The van der Waals surface area contributed by atoms with E-state index in [4.69, 9.17) is 9.83 Å². The third-order valence-corrected chi connectivity index (χ3v) is 7.43. The Balaban J connectivity index is 1.58. The lowest BCUT2D eigenvalue weighted by molar-refractivity contribution is -0.139. The number of amides is 2. The standard InChI is InChI=1S/C25H33N5O4S/c1-14-20(35-13-26-14)16-7-9-17(10-8-16)25(6)28-22(29-34-25)19-11-18(32)12-30(19)23(33)21(24(3,4)5)27-15(2)31/h7-10,13,18-19,21,32H,11-12H2,1-6H3,(H,27,31)(H,28,29)/t18-,19+,21-,25-/m1/s1. The van der Waals surface area contributed by atoms with E-state index >= 15 is 0 Å². The number of likely N-dealkylation sites (tertiary alicyclic amines) is 1. The molecule has 4 rings (SSSR count). The van der Waals surface area contributed by atoms with Crippen molar-refractivity contribution in [3.8, 4) is 10.4 Å². The van der Waals surface area contributed by atoms with Gasteiger partial charge in [-0.05, 0) is 24.8 Å². The summed E-state index contributed by atoms with van der Waals surface area (Å²) in [5.74, 6) is -0.0503. The van der Waals surface area contributed by atoms with E-state index in [-0.39, 0.29) is 18.4 Å². The highest BCUT2D eigenvalue weighted by Crippen LogP contribution is 2.35. The number of hydroxylamine groups is 1. The Kier molecular flexibility index (Phi) is 6.74. The van der Waals surface area contributed by atoms with Gasteiger partial charge in [-0.3, -0.25) is 9.59 Å². The first kappa shape index (κ1) is 25.3. The number of β-amino-alcohol motifs (C(OH)–C–C–N with tert-alkyl or cyclic N) is 1. The number of aryl methyl sites for hydroxylation is 1. The lowest BCUT2D eigenvalue weighted by Crippen LogP contribution is -2.57. The number of carbonyl (C=O) groups excluding carboxylic acids is 2. The minimum Gasteiger partial charge on any atom is -0.391 e. The first-order chi connectivity index (χ1) is 16.4. The molecule has 0 spiro atoms. The van der Waals surface area contributed by atoms with Crippen LogP contribution in [0.1, 0.15) is 52.3 Å². The van der Waals surface area contributed by atoms with Gasteiger partial charge in [-0.15, -0.1) is 11.3 Å². The quantitative estimate of drug-likeness (QED) is 0.583. The second-order valence-corrected chi connectivity index (χ2v) is 11.3. The van der Waals surface area contributed by atoms with Gasteiger partial charge in [0.05, 0.1) is 28.2 Å². The predicted octanol–water partition coefficient (Wildman–Crippen LogP) is 2.74. The van der Waals surface area contributed by atoms with Crippen LogP contribution < -0.4 is 10.8 Å². The second-order valence-electron chi connectivity index (χ2n) is 10.4. The molecule has 4 atom stereocenters. The molecule has 10 heteroatoms. The molecule has 0 aliphatic carbocycles. The Bertz CT molecular complexity index is 1140. The summed E-state index contributed by atoms with van der Waals surface area (Å²) < 4.78 is 0. The number of aliphatic imine (C=N–C) groups is 1. The average molecular weight is 500 g/mol. The van der Waals surface area contributed by atoms with E-state index < -0.39 is 29.3 Å². The van der Waals surface area contributed by atoms with Gasteiger partial charge >= 0.3 is 0 Å². The fourth-order valence-electron chi connectivity index (χ4n) is 4.54. The third kappa shape index (κ3) is 5.10. The van der Waals surface area contributed by atoms with Gasteiger partial charge in [0.1, 0.15) is 11.9 Å². The van der Waals surface area contributed by atoms with Crippen molar-refractivity contribution in [2.45, 2.75) is 71.9 Å². The molecule has 1 fully saturated rings. The van der Waals surface area contributed by atoms with Gasteiger partial charge in [0.25, 0.3) is 0 Å². The highest BCUT2D eigenvalue weighted by molar-refractivity contribution is 7.13. The maximum atomic E-state index is 13.5. The van der Waals surface area contributed by atoms with Gasteiger partial charge in [-0.25, -0.2) is 20.3 Å². The van der Waals surface area contributed by atoms with Crippen LogP contribution >= 0.6 is 11.3 Å². The smallest absolute Gasteiger partial charge is 0.246 e. The number of nitrogens with zero attached hydrogens (tertiary/aromatic N) is 3. The summed E-state index contributed by atoms with van der Waals surface area (Å²) >= 11 is 1.60. The molecule has 9 nitrogen and oxygen atoms in total. The van der Waals surface area contributed by atoms with Crippen molar-refractivity contribution in [2.24, 2.45) is 10.4 Å². The number of aliphatic hydroxyl groups is 1. The first-order valence-corrected chi connectivity index (χ1v) is 12.6. The Morgan fingerprint density at radius 3 is 2.57 bits per heavy atom. The highest BCUT2D eigenvalue weighted by Gasteiger charge is 2.46. The third-order valence-electron chi connectivity index (χ3n) is 6.45. The van der Waals surface area contributed by atoms with E-state index in [1.165, 1.54) is 6.92 Å². The average Bonchev–Trinajstić information content (AvgIpc) is 3.49. The molecule has 1 saturated heterocycles. The number of carbonyl (C=O) groups is 2. The molecule has 0 unspecified atom stereocenters. The predicted molar refractivity (Wildman–Crippen MR) is 134 cm³/mol. The number of thiazole rings is 1. The minimum atomic E-state index is -0.986. The van der Waals surface area contributed by atoms with Crippen LogP contribution in [0.4, 0.5) is 0 Å². The zero-order valence-corrected chi connectivity index (χ0v) is 21.8. The summed E-state index contributed by atoms with van der Waals surface area (Å²) in [6.07, 6.45) is -0.363. The molecule has 0 saturated carbocycles. The molecule has 3 N–H and O–H groups in total. The van der Waals surface area contributed by atoms with Crippen molar-refractivity contribution in [3.05, 3.63) is 41.0 Å². The SMILES string of the molecule is CC(=O)N[C@H](C(=O)N1C[C@H](O)C[C@H]1C1=N[C@@](C)(c2ccc(-c3scnc3C)cc2)ON1)C(C)(C)C. The molecule has 0 bridgehead atoms. The molecule has 2 aliphatic rings. The Morgan fingerprint density at radius 2 is 2.00 bits per heavy atom. The van der Waals surface area contributed by atoms with Crippen LogP contribution in [0.5, 0.6) is 0 Å². The lowest BCUT2D eigenvalue weighted by Gasteiger charge is -2.35. The van der Waals surface area contributed by atoms with Crippen LogP contribution in [0.25, 0.3) is 10.4 Å². The molecule has 2 aliphatic heterocycles. The van der Waals surface area contributed by atoms with E-state index in [1.807, 2.05) is 64.4 Å². The van der Waals surface area contributed by atoms with Crippen molar-refractivity contribution in [2.75, 3.05) is 6.54 Å². The van der Waals surface area contributed by atoms with Crippen molar-refractivity contribution < 1.29 is 19.5 Å². The molecular formula is C25H33N5O4S. The molecule has 1 aromatic heterocycles. The Labute approximate surface area is 209 Å². The van der Waals surface area contributed by atoms with Crippen LogP contribution in [0.2, 0.25) is 0 Å². The number of amidine groups is 1. The van der Waals surface area contributed by atoms with Gasteiger partial charge in [-0.2, -0.15) is 0 Å². The van der Waals surface area contributed by atoms with Gasteiger partial charge < -0.3 is 15.3 Å². The van der Waals surface area contributed by atoms with Crippen molar-refractivity contribution in [3.63, 3.8) is 0 Å². The van der Waals surface area contributed by atoms with E-state index in [2.05, 4.69) is 15.8 Å². The van der Waals surface area contributed by atoms with E-state index in [9.17, 15) is 14.7 Å². The van der Waals surface area contributed by atoms with Crippen molar-refractivity contribution >= 4 is 29.0 Å². The number of rotatable bonds is 5. The molecule has 0 radical (unpaired) electrons. The molecule has 2 aromatic rings. The second kappa shape index (κ2) is 9.33. The largest absolute Gasteiger partial charge is 0.391 e. The fraction of sp³-hybridized carbons (Fsp3) is 0.520. The van der Waals surface area contributed by atoms with Gasteiger partial charge in [0.2, 0.25) is 17.5 Å². The van der Waals surface area contributed by atoms with Crippen molar-refractivity contribution in [1.82, 2.24) is 20.7 Å². The molecule has 1 aromatic carbocycles. The fourth-order valence-corrected chi connectivity index (χ4v) is 5.35. The normalized spacial score (nSPS) is 25.2. The molecular weight excluding hydrogens is 466 g/mol. The van der Waals surface area contributed by atoms with Crippen LogP contribution in [0.3, 0.4) is 0 Å². The Hall–Kier alpha value is -2.82. The zero-order chi connectivity index (χ0) is 25.5. The maximum Gasteiger partial charge on any atom is 0.246 e. The highest BCUT2D eigenvalue weighted by atomic mass is 32.1. The number of nitrogens with one attached hydrogen (secondary N) is 2. The monoisotopic (exact) mass is 499 g/mol. The zero-order valence-electron chi connectivity index (χ0n) is 21.0. The molecule has 2 amide bonds. The van der Waals surface area contributed by atoms with Crippen LogP contribution in [0.15, 0.2) is 34.8 Å². The van der Waals surface area contributed by atoms with E-state index in [1.54, 1.807) is 16.2 Å². The molecule has 35 heavy (non-hydrogen) atoms. The maximum absolute atomic E-state index is 13.5. The Morgan fingerprint density at radius 1 is 1.31 bits per heavy atom. The van der Waals surface area contributed by atoms with Crippen LogP contribution in [-0.2, 0) is 20.2 Å². The number of benzene rings is 1. The van der Waals surface area contributed by atoms with Gasteiger partial charge in [-0.1, -0.05) is 45.0 Å². The molecule has 3 heterocycles. The summed E-state index contributed by atoms with van der Waals surface area (Å²) in [5.41, 5.74) is 6.18. The molecule has 188 valence electrons. The summed E-state index contributed by atoms with van der Waals surface area (Å²) in [6.45, 7) is 11.1. The number of aromatic nitrogens is 1.